The molecule has 0 saturated carbocycles. The Hall–Kier alpha value is -2.49. The third kappa shape index (κ3) is 3.85. The number of carbonyl (C=O) groups excluding carboxylic acids is 2. The number of carbonyl (C=O) groups is 2. The molecule has 2 amide bonds. The van der Waals surface area contributed by atoms with Gasteiger partial charge in [0.05, 0.1) is 23.8 Å². The third-order valence-corrected chi connectivity index (χ3v) is 6.10. The van der Waals surface area contributed by atoms with Crippen LogP contribution >= 0.6 is 11.3 Å². The molecule has 0 aliphatic carbocycles. The normalized spacial score (nSPS) is 19.4. The molecule has 0 N–H and O–H groups in total. The minimum Gasteiger partial charge on any atom is -0.444 e. The lowest BCUT2D eigenvalue weighted by Gasteiger charge is -2.31. The van der Waals surface area contributed by atoms with Gasteiger partial charge in [0, 0.05) is 19.6 Å². The summed E-state index contributed by atoms with van der Waals surface area (Å²) in [4.78, 5) is 33.9. The van der Waals surface area contributed by atoms with Crippen molar-refractivity contribution in [1.29, 1.82) is 0 Å². The first-order chi connectivity index (χ1) is 13.7. The maximum Gasteiger partial charge on any atom is 0.410 e. The maximum absolute atomic E-state index is 13.0. The van der Waals surface area contributed by atoms with E-state index in [9.17, 15) is 9.59 Å². The van der Waals surface area contributed by atoms with Gasteiger partial charge in [-0.3, -0.25) is 9.69 Å². The Labute approximate surface area is 173 Å². The predicted octanol–water partition coefficient (Wildman–Crippen LogP) is 2.77. The summed E-state index contributed by atoms with van der Waals surface area (Å²) in [5, 5.41) is 8.73. The van der Waals surface area contributed by atoms with Crippen LogP contribution in [0.15, 0.2) is 5.51 Å². The molecule has 0 radical (unpaired) electrons. The highest BCUT2D eigenvalue weighted by atomic mass is 32.1. The van der Waals surface area contributed by atoms with Gasteiger partial charge >= 0.3 is 6.09 Å². The van der Waals surface area contributed by atoms with Crippen LogP contribution in [0.4, 0.5) is 4.79 Å². The van der Waals surface area contributed by atoms with Gasteiger partial charge in [0.25, 0.3) is 5.91 Å². The standard InChI is InChI=1S/C19H26N6O3S/c1-12-15(29-11-20-12)17(26)24-7-5-6-13(24)16-22-21-14-10-23(8-9-25(14)16)18(27)28-19(2,3)4/h11,13H,5-10H2,1-4H3/t13-/m0/s1. The Morgan fingerprint density at radius 3 is 2.69 bits per heavy atom. The van der Waals surface area contributed by atoms with Gasteiger partial charge in [0.15, 0.2) is 11.6 Å². The molecule has 9 nitrogen and oxygen atoms in total. The quantitative estimate of drug-likeness (QED) is 0.744. The number of ether oxygens (including phenoxy) is 1. The van der Waals surface area contributed by atoms with Gasteiger partial charge in [-0.25, -0.2) is 9.78 Å². The second-order valence-corrected chi connectivity index (χ2v) is 9.31. The van der Waals surface area contributed by atoms with Crippen molar-refractivity contribution in [3.63, 3.8) is 0 Å². The van der Waals surface area contributed by atoms with Crippen LogP contribution in [0, 0.1) is 6.92 Å². The molecule has 2 aliphatic heterocycles. The minimum atomic E-state index is -0.535. The summed E-state index contributed by atoms with van der Waals surface area (Å²) in [6.07, 6.45) is 1.45. The first-order valence-corrected chi connectivity index (χ1v) is 10.7. The van der Waals surface area contributed by atoms with E-state index >= 15 is 0 Å². The largest absolute Gasteiger partial charge is 0.444 e. The number of fused-ring (bicyclic) bond motifs is 1. The van der Waals surface area contributed by atoms with Crippen molar-refractivity contribution in [3.8, 4) is 0 Å². The Morgan fingerprint density at radius 1 is 1.21 bits per heavy atom. The fourth-order valence-corrected chi connectivity index (χ4v) is 4.58. The number of hydrogen-bond donors (Lipinski definition) is 0. The highest BCUT2D eigenvalue weighted by molar-refractivity contribution is 7.11. The summed E-state index contributed by atoms with van der Waals surface area (Å²) < 4.78 is 7.52. The fraction of sp³-hybridized carbons (Fsp3) is 0.632. The molecule has 0 bridgehead atoms. The topological polar surface area (TPSA) is 93.5 Å². The van der Waals surface area contributed by atoms with E-state index in [1.54, 1.807) is 10.4 Å². The van der Waals surface area contributed by atoms with Crippen LogP contribution < -0.4 is 0 Å². The van der Waals surface area contributed by atoms with E-state index in [-0.39, 0.29) is 18.0 Å². The molecular formula is C19H26N6O3S. The van der Waals surface area contributed by atoms with Crippen molar-refractivity contribution in [1.82, 2.24) is 29.5 Å². The van der Waals surface area contributed by atoms with Crippen molar-refractivity contribution >= 4 is 23.3 Å². The van der Waals surface area contributed by atoms with Crippen LogP contribution in [0.25, 0.3) is 0 Å². The van der Waals surface area contributed by atoms with E-state index in [4.69, 9.17) is 4.74 Å². The highest BCUT2D eigenvalue weighted by Gasteiger charge is 2.37. The van der Waals surface area contributed by atoms with Crippen LogP contribution in [0.3, 0.4) is 0 Å². The van der Waals surface area contributed by atoms with Crippen molar-refractivity contribution in [2.75, 3.05) is 13.1 Å². The lowest BCUT2D eigenvalue weighted by Crippen LogP contribution is -2.42. The zero-order valence-corrected chi connectivity index (χ0v) is 18.0. The monoisotopic (exact) mass is 418 g/mol. The number of likely N-dealkylation sites (tertiary alicyclic amines) is 1. The van der Waals surface area contributed by atoms with Crippen LogP contribution in [0.2, 0.25) is 0 Å². The van der Waals surface area contributed by atoms with Gasteiger partial charge in [-0.15, -0.1) is 21.5 Å². The SMILES string of the molecule is Cc1ncsc1C(=O)N1CCC[C@H]1c1nnc2n1CCN(C(=O)OC(C)(C)C)C2. The second kappa shape index (κ2) is 7.40. The molecule has 1 saturated heterocycles. The van der Waals surface area contributed by atoms with Gasteiger partial charge < -0.3 is 14.2 Å². The molecule has 0 spiro atoms. The van der Waals surface area contributed by atoms with Gasteiger partial charge in [-0.1, -0.05) is 0 Å². The molecule has 1 atom stereocenters. The fourth-order valence-electron chi connectivity index (χ4n) is 3.82. The number of hydrogen-bond acceptors (Lipinski definition) is 7. The number of nitrogens with zero attached hydrogens (tertiary/aromatic N) is 6. The van der Waals surface area contributed by atoms with Gasteiger partial charge in [0.2, 0.25) is 0 Å². The van der Waals surface area contributed by atoms with E-state index in [1.165, 1.54) is 11.3 Å². The Balaban J connectivity index is 1.52. The van der Waals surface area contributed by atoms with Crippen molar-refractivity contribution in [2.45, 2.75) is 65.3 Å². The summed E-state index contributed by atoms with van der Waals surface area (Å²) in [5.74, 6) is 1.54. The average molecular weight is 419 g/mol. The van der Waals surface area contributed by atoms with E-state index in [2.05, 4.69) is 19.7 Å². The molecule has 1 fully saturated rings. The Morgan fingerprint density at radius 2 is 2.00 bits per heavy atom. The number of thiazole rings is 1. The molecule has 0 aromatic carbocycles. The molecule has 4 heterocycles. The molecule has 156 valence electrons. The second-order valence-electron chi connectivity index (χ2n) is 8.45. The summed E-state index contributed by atoms with van der Waals surface area (Å²) in [6.45, 7) is 9.60. The summed E-state index contributed by atoms with van der Waals surface area (Å²) >= 11 is 1.38. The molecule has 2 aromatic heterocycles. The van der Waals surface area contributed by atoms with Crippen molar-refractivity contribution in [3.05, 3.63) is 27.7 Å². The molecule has 10 heteroatoms. The maximum atomic E-state index is 13.0. The average Bonchev–Trinajstić information content (AvgIpc) is 3.37. The lowest BCUT2D eigenvalue weighted by atomic mass is 10.2. The molecule has 4 rings (SSSR count). The number of amides is 2. The van der Waals surface area contributed by atoms with Gasteiger partial charge in [-0.05, 0) is 40.5 Å². The smallest absolute Gasteiger partial charge is 0.410 e. The number of rotatable bonds is 2. The summed E-state index contributed by atoms with van der Waals surface area (Å²) in [5.41, 5.74) is 1.94. The van der Waals surface area contributed by atoms with E-state index < -0.39 is 5.60 Å². The zero-order chi connectivity index (χ0) is 20.8. The number of aryl methyl sites for hydroxylation is 1. The van der Waals surface area contributed by atoms with E-state index in [0.717, 1.165) is 30.2 Å². The Bertz CT molecular complexity index is 931. The van der Waals surface area contributed by atoms with Crippen molar-refractivity contribution in [2.24, 2.45) is 0 Å². The van der Waals surface area contributed by atoms with E-state index in [1.807, 2.05) is 32.6 Å². The first kappa shape index (κ1) is 19.8. The van der Waals surface area contributed by atoms with Gasteiger partial charge in [-0.2, -0.15) is 0 Å². The van der Waals surface area contributed by atoms with Gasteiger partial charge in [0.1, 0.15) is 10.5 Å². The van der Waals surface area contributed by atoms with Crippen LogP contribution in [-0.2, 0) is 17.8 Å². The minimum absolute atomic E-state index is 0.0102. The zero-order valence-electron chi connectivity index (χ0n) is 17.2. The van der Waals surface area contributed by atoms with Crippen LogP contribution in [-0.4, -0.2) is 60.2 Å². The van der Waals surface area contributed by atoms with Crippen molar-refractivity contribution < 1.29 is 14.3 Å². The summed E-state index contributed by atoms with van der Waals surface area (Å²) in [6, 6.07) is -0.0988. The van der Waals surface area contributed by atoms with Crippen LogP contribution in [0.1, 0.15) is 66.7 Å². The molecule has 29 heavy (non-hydrogen) atoms. The summed E-state index contributed by atoms with van der Waals surface area (Å²) in [7, 11) is 0. The third-order valence-electron chi connectivity index (χ3n) is 5.18. The molecule has 0 unspecified atom stereocenters. The lowest BCUT2D eigenvalue weighted by molar-refractivity contribution is 0.0193. The Kier molecular flexibility index (Phi) is 5.05. The molecule has 2 aliphatic rings. The first-order valence-electron chi connectivity index (χ1n) is 9.85. The van der Waals surface area contributed by atoms with Crippen LogP contribution in [0.5, 0.6) is 0 Å². The highest BCUT2D eigenvalue weighted by Crippen LogP contribution is 2.34. The number of aromatic nitrogens is 4. The molecule has 2 aromatic rings. The van der Waals surface area contributed by atoms with E-state index in [0.29, 0.717) is 31.1 Å². The molecular weight excluding hydrogens is 392 g/mol. The predicted molar refractivity (Wildman–Crippen MR) is 107 cm³/mol.